The van der Waals surface area contributed by atoms with Crippen LogP contribution in [0.2, 0.25) is 0 Å². The minimum absolute atomic E-state index is 0.0223. The number of amides is 2. The average molecular weight is 476 g/mol. The molecule has 0 spiro atoms. The number of nitrogens with two attached hydrogens (primary N) is 1. The zero-order chi connectivity index (χ0) is 24.1. The molecule has 0 aliphatic heterocycles. The van der Waals surface area contributed by atoms with Gasteiger partial charge in [0.25, 0.3) is 17.4 Å². The van der Waals surface area contributed by atoms with Gasteiger partial charge in [-0.1, -0.05) is 13.8 Å². The highest BCUT2D eigenvalue weighted by Crippen LogP contribution is 2.27. The summed E-state index contributed by atoms with van der Waals surface area (Å²) in [5, 5.41) is 3.07. The molecule has 0 fully saturated rings. The van der Waals surface area contributed by atoms with E-state index in [1.165, 1.54) is 35.0 Å². The number of aromatic amines is 1. The Morgan fingerprint density at radius 1 is 1.30 bits per heavy atom. The molecule has 12 heteroatoms. The second-order valence-electron chi connectivity index (χ2n) is 7.54. The van der Waals surface area contributed by atoms with E-state index in [-0.39, 0.29) is 47.8 Å². The van der Waals surface area contributed by atoms with Crippen LogP contribution in [0.1, 0.15) is 34.1 Å². The number of rotatable bonds is 9. The fourth-order valence-corrected chi connectivity index (χ4v) is 3.97. The Bertz CT molecular complexity index is 1240. The topological polar surface area (TPSA) is 153 Å². The Labute approximate surface area is 192 Å². The molecule has 3 heterocycles. The second-order valence-corrected chi connectivity index (χ2v) is 8.63. The van der Waals surface area contributed by atoms with Crippen molar-refractivity contribution < 1.29 is 18.7 Å². The summed E-state index contributed by atoms with van der Waals surface area (Å²) in [5.74, 6) is -0.889. The minimum atomic E-state index is -0.773. The van der Waals surface area contributed by atoms with Crippen molar-refractivity contribution >= 4 is 39.7 Å². The van der Waals surface area contributed by atoms with Gasteiger partial charge in [-0.15, -0.1) is 11.3 Å². The lowest BCUT2D eigenvalue weighted by atomic mass is 10.2. The maximum absolute atomic E-state index is 13.4. The highest BCUT2D eigenvalue weighted by molar-refractivity contribution is 7.18. The zero-order valence-corrected chi connectivity index (χ0v) is 19.2. The number of carbonyl (C=O) groups is 2. The van der Waals surface area contributed by atoms with E-state index in [0.717, 1.165) is 11.3 Å². The smallest absolute Gasteiger partial charge is 0.330 e. The fourth-order valence-electron chi connectivity index (χ4n) is 3.12. The Morgan fingerprint density at radius 2 is 2.06 bits per heavy atom. The van der Waals surface area contributed by atoms with Gasteiger partial charge in [-0.2, -0.15) is 0 Å². The fraction of sp³-hybridized carbons (Fsp3) is 0.333. The number of furan rings is 1. The van der Waals surface area contributed by atoms with Crippen LogP contribution in [0.3, 0.4) is 0 Å². The maximum Gasteiger partial charge on any atom is 0.330 e. The van der Waals surface area contributed by atoms with Crippen LogP contribution in [-0.4, -0.2) is 41.6 Å². The molecule has 4 N–H and O–H groups in total. The SMILES string of the molecule is COCCN(C(=O)c1ccc(NC(=O)c2ccco2)s1)c1c(N)n(CC(C)C)c(=O)[nH]c1=O. The number of anilines is 3. The summed E-state index contributed by atoms with van der Waals surface area (Å²) >= 11 is 1.03. The van der Waals surface area contributed by atoms with Crippen LogP contribution in [-0.2, 0) is 11.3 Å². The Hall–Kier alpha value is -3.64. The van der Waals surface area contributed by atoms with Crippen molar-refractivity contribution in [2.45, 2.75) is 20.4 Å². The molecule has 0 bridgehead atoms. The standard InChI is InChI=1S/C21H25N5O6S/c1-12(2)11-26-17(22)16(19(28)24-21(26)30)25(8-10-31-3)20(29)14-6-7-15(33-14)23-18(27)13-5-4-9-32-13/h4-7,9,12H,8,10-11,22H2,1-3H3,(H,23,27)(H,24,28,30). The van der Waals surface area contributed by atoms with E-state index in [1.54, 1.807) is 12.1 Å². The van der Waals surface area contributed by atoms with E-state index in [2.05, 4.69) is 10.3 Å². The number of thiophene rings is 1. The summed E-state index contributed by atoms with van der Waals surface area (Å²) in [6, 6.07) is 6.20. The second kappa shape index (κ2) is 10.3. The molecule has 33 heavy (non-hydrogen) atoms. The predicted molar refractivity (Wildman–Crippen MR) is 125 cm³/mol. The van der Waals surface area contributed by atoms with Crippen LogP contribution in [0, 0.1) is 5.92 Å². The number of ether oxygens (including phenoxy) is 1. The van der Waals surface area contributed by atoms with E-state index in [9.17, 15) is 19.2 Å². The van der Waals surface area contributed by atoms with E-state index < -0.39 is 23.1 Å². The molecule has 2 amide bonds. The quantitative estimate of drug-likeness (QED) is 0.428. The third-order valence-electron chi connectivity index (χ3n) is 4.59. The largest absolute Gasteiger partial charge is 0.459 e. The van der Waals surface area contributed by atoms with Gasteiger partial charge in [0.2, 0.25) is 0 Å². The van der Waals surface area contributed by atoms with Crippen molar-refractivity contribution in [3.63, 3.8) is 0 Å². The summed E-state index contributed by atoms with van der Waals surface area (Å²) in [5.41, 5.74) is 4.64. The molecule has 0 unspecified atom stereocenters. The van der Waals surface area contributed by atoms with Crippen LogP contribution >= 0.6 is 11.3 Å². The van der Waals surface area contributed by atoms with Crippen LogP contribution in [0.5, 0.6) is 0 Å². The number of carbonyl (C=O) groups excluding carboxylic acids is 2. The number of aromatic nitrogens is 2. The number of hydrogen-bond acceptors (Lipinski definition) is 8. The van der Waals surface area contributed by atoms with Gasteiger partial charge in [0.1, 0.15) is 5.82 Å². The number of hydrogen-bond donors (Lipinski definition) is 3. The number of nitrogens with one attached hydrogen (secondary N) is 2. The molecule has 0 atom stereocenters. The van der Waals surface area contributed by atoms with Crippen molar-refractivity contribution in [2.24, 2.45) is 5.92 Å². The monoisotopic (exact) mass is 475 g/mol. The van der Waals surface area contributed by atoms with Gasteiger partial charge in [-0.25, -0.2) is 4.79 Å². The molecule has 0 aliphatic rings. The van der Waals surface area contributed by atoms with Crippen LogP contribution in [0.25, 0.3) is 0 Å². The zero-order valence-electron chi connectivity index (χ0n) is 18.4. The van der Waals surface area contributed by atoms with E-state index in [1.807, 2.05) is 13.8 Å². The number of nitrogen functional groups attached to an aromatic ring is 1. The summed E-state index contributed by atoms with van der Waals surface area (Å²) in [6.45, 7) is 4.21. The molecule has 176 valence electrons. The first-order valence-electron chi connectivity index (χ1n) is 10.1. The number of H-pyrrole nitrogens is 1. The van der Waals surface area contributed by atoms with Crippen LogP contribution in [0.4, 0.5) is 16.5 Å². The Morgan fingerprint density at radius 3 is 2.70 bits per heavy atom. The number of methoxy groups -OCH3 is 1. The summed E-state index contributed by atoms with van der Waals surface area (Å²) in [7, 11) is 1.46. The highest BCUT2D eigenvalue weighted by atomic mass is 32.1. The van der Waals surface area contributed by atoms with E-state index in [0.29, 0.717) is 5.00 Å². The Kier molecular flexibility index (Phi) is 7.51. The first-order chi connectivity index (χ1) is 15.7. The van der Waals surface area contributed by atoms with Crippen LogP contribution < -0.4 is 27.2 Å². The summed E-state index contributed by atoms with van der Waals surface area (Å²) in [6.07, 6.45) is 1.38. The van der Waals surface area contributed by atoms with Crippen molar-refractivity contribution in [3.05, 3.63) is 62.0 Å². The molecular weight excluding hydrogens is 450 g/mol. The van der Waals surface area contributed by atoms with Gasteiger partial charge < -0.3 is 20.2 Å². The predicted octanol–water partition coefficient (Wildman–Crippen LogP) is 1.97. The lowest BCUT2D eigenvalue weighted by molar-refractivity contribution is 0.0976. The molecule has 0 saturated heterocycles. The van der Waals surface area contributed by atoms with E-state index in [4.69, 9.17) is 14.9 Å². The molecule has 0 aromatic carbocycles. The highest BCUT2D eigenvalue weighted by Gasteiger charge is 2.26. The lowest BCUT2D eigenvalue weighted by Crippen LogP contribution is -2.42. The average Bonchev–Trinajstić information content (AvgIpc) is 3.45. The van der Waals surface area contributed by atoms with Crippen LogP contribution in [0.15, 0.2) is 44.5 Å². The summed E-state index contributed by atoms with van der Waals surface area (Å²) in [4.78, 5) is 54.2. The van der Waals surface area contributed by atoms with Gasteiger partial charge in [-0.3, -0.25) is 28.8 Å². The van der Waals surface area contributed by atoms with E-state index >= 15 is 0 Å². The van der Waals surface area contributed by atoms with Gasteiger partial charge >= 0.3 is 5.69 Å². The normalized spacial score (nSPS) is 11.0. The molecule has 0 radical (unpaired) electrons. The number of nitrogens with zero attached hydrogens (tertiary/aromatic N) is 2. The Balaban J connectivity index is 1.95. The molecule has 0 saturated carbocycles. The van der Waals surface area contributed by atoms with Gasteiger partial charge in [-0.05, 0) is 30.2 Å². The molecule has 3 aromatic rings. The molecule has 3 rings (SSSR count). The van der Waals surface area contributed by atoms with Gasteiger partial charge in [0.05, 0.1) is 22.7 Å². The third-order valence-corrected chi connectivity index (χ3v) is 5.58. The third kappa shape index (κ3) is 5.41. The first kappa shape index (κ1) is 24.0. The van der Waals surface area contributed by atoms with Gasteiger partial charge in [0.15, 0.2) is 11.4 Å². The van der Waals surface area contributed by atoms with Gasteiger partial charge in [0, 0.05) is 20.2 Å². The molecule has 11 nitrogen and oxygen atoms in total. The maximum atomic E-state index is 13.4. The lowest BCUT2D eigenvalue weighted by Gasteiger charge is -2.24. The minimum Gasteiger partial charge on any atom is -0.459 e. The molecular formula is C21H25N5O6S. The first-order valence-corrected chi connectivity index (χ1v) is 10.9. The van der Waals surface area contributed by atoms with Crippen molar-refractivity contribution in [1.82, 2.24) is 9.55 Å². The van der Waals surface area contributed by atoms with Crippen molar-refractivity contribution in [2.75, 3.05) is 36.2 Å². The van der Waals surface area contributed by atoms with Crippen molar-refractivity contribution in [1.29, 1.82) is 0 Å². The summed E-state index contributed by atoms with van der Waals surface area (Å²) < 4.78 is 11.4. The van der Waals surface area contributed by atoms with Crippen molar-refractivity contribution in [3.8, 4) is 0 Å². The molecule has 0 aliphatic carbocycles. The molecule has 3 aromatic heterocycles.